The highest BCUT2D eigenvalue weighted by Gasteiger charge is 2.27. The fourth-order valence-corrected chi connectivity index (χ4v) is 4.73. The Labute approximate surface area is 167 Å². The molecule has 8 nitrogen and oxygen atoms in total. The lowest BCUT2D eigenvalue weighted by atomic mass is 10.2. The summed E-state index contributed by atoms with van der Waals surface area (Å²) in [5.74, 6) is 0.491. The van der Waals surface area contributed by atoms with E-state index in [4.69, 9.17) is 15.2 Å². The number of nitrogens with zero attached hydrogens (tertiary/aromatic N) is 3. The maximum atomic E-state index is 13.5. The third kappa shape index (κ3) is 3.18. The van der Waals surface area contributed by atoms with Crippen LogP contribution in [0.2, 0.25) is 0 Å². The second-order valence-corrected chi connectivity index (χ2v) is 8.33. The van der Waals surface area contributed by atoms with Gasteiger partial charge in [-0.3, -0.25) is 0 Å². The Bertz CT molecular complexity index is 1300. The molecule has 3 heterocycles. The number of anilines is 1. The molecule has 0 aliphatic carbocycles. The maximum absolute atomic E-state index is 13.5. The van der Waals surface area contributed by atoms with Gasteiger partial charge in [-0.25, -0.2) is 22.4 Å². The van der Waals surface area contributed by atoms with Gasteiger partial charge in [-0.05, 0) is 30.7 Å². The molecular formula is C20H20N4O4S. The summed E-state index contributed by atoms with van der Waals surface area (Å²) in [4.78, 5) is 8.73. The van der Waals surface area contributed by atoms with Crippen LogP contribution >= 0.6 is 0 Å². The van der Waals surface area contributed by atoms with Gasteiger partial charge in [-0.2, -0.15) is 0 Å². The minimum absolute atomic E-state index is 0.153. The van der Waals surface area contributed by atoms with Crippen molar-refractivity contribution in [3.05, 3.63) is 54.4 Å². The van der Waals surface area contributed by atoms with Crippen molar-refractivity contribution in [2.45, 2.75) is 11.8 Å². The molecule has 0 aliphatic rings. The van der Waals surface area contributed by atoms with E-state index in [1.54, 1.807) is 43.6 Å². The molecular weight excluding hydrogens is 392 g/mol. The number of aryl methyl sites for hydroxylation is 1. The number of fused-ring (bicyclic) bond motifs is 3. The minimum Gasteiger partial charge on any atom is -0.487 e. The van der Waals surface area contributed by atoms with Gasteiger partial charge < -0.3 is 15.2 Å². The van der Waals surface area contributed by atoms with Crippen molar-refractivity contribution >= 4 is 37.8 Å². The number of rotatable bonds is 6. The van der Waals surface area contributed by atoms with Crippen LogP contribution in [0.3, 0.4) is 0 Å². The van der Waals surface area contributed by atoms with Crippen LogP contribution in [0, 0.1) is 6.92 Å². The molecule has 0 saturated heterocycles. The van der Waals surface area contributed by atoms with Crippen LogP contribution in [-0.2, 0) is 14.8 Å². The second kappa shape index (κ2) is 7.34. The zero-order valence-electron chi connectivity index (χ0n) is 16.0. The number of nitrogen functional groups attached to an aromatic ring is 1. The van der Waals surface area contributed by atoms with Crippen molar-refractivity contribution in [2.24, 2.45) is 0 Å². The van der Waals surface area contributed by atoms with Gasteiger partial charge in [0.05, 0.1) is 28.6 Å². The van der Waals surface area contributed by atoms with Crippen molar-refractivity contribution in [3.8, 4) is 5.75 Å². The van der Waals surface area contributed by atoms with Gasteiger partial charge in [0.1, 0.15) is 6.61 Å². The highest BCUT2D eigenvalue weighted by atomic mass is 32.2. The van der Waals surface area contributed by atoms with Gasteiger partial charge in [0, 0.05) is 18.7 Å². The van der Waals surface area contributed by atoms with Crippen molar-refractivity contribution in [1.82, 2.24) is 13.9 Å². The molecule has 3 aromatic heterocycles. The fraction of sp³-hybridized carbons (Fsp3) is 0.200. The molecule has 150 valence electrons. The minimum atomic E-state index is -3.92. The first-order valence-corrected chi connectivity index (χ1v) is 10.4. The monoisotopic (exact) mass is 412 g/mol. The average Bonchev–Trinajstić information content (AvgIpc) is 3.05. The summed E-state index contributed by atoms with van der Waals surface area (Å²) in [6.45, 7) is 2.49. The van der Waals surface area contributed by atoms with Crippen molar-refractivity contribution < 1.29 is 17.9 Å². The number of ether oxygens (including phenoxy) is 2. The molecule has 9 heteroatoms. The smallest absolute Gasteiger partial charge is 0.269 e. The standard InChI is InChI=1S/C20H20N4O4S/c1-13-10-15-17-16(12-22-19(21)18(17)28-9-8-27-2)24(20(15)23-11-13)29(25,26)14-6-4-3-5-7-14/h3-7,10-12H,8-9H2,1-2H3,(H2,21,22). The summed E-state index contributed by atoms with van der Waals surface area (Å²) in [7, 11) is -2.36. The Morgan fingerprint density at radius 1 is 1.10 bits per heavy atom. The first kappa shape index (κ1) is 19.2. The van der Waals surface area contributed by atoms with E-state index in [1.807, 2.05) is 13.0 Å². The zero-order chi connectivity index (χ0) is 20.6. The van der Waals surface area contributed by atoms with Gasteiger partial charge in [0.15, 0.2) is 17.2 Å². The molecule has 2 N–H and O–H groups in total. The predicted molar refractivity (Wildman–Crippen MR) is 111 cm³/mol. The topological polar surface area (TPSA) is 109 Å². The number of hydrogen-bond acceptors (Lipinski definition) is 7. The van der Waals surface area contributed by atoms with Gasteiger partial charge in [-0.1, -0.05) is 18.2 Å². The number of nitrogens with two attached hydrogens (primary N) is 1. The van der Waals surface area contributed by atoms with Crippen molar-refractivity contribution in [1.29, 1.82) is 0 Å². The predicted octanol–water partition coefficient (Wildman–Crippen LogP) is 2.74. The number of benzene rings is 1. The highest BCUT2D eigenvalue weighted by molar-refractivity contribution is 7.90. The molecule has 4 aromatic rings. The third-order valence-corrected chi connectivity index (χ3v) is 6.26. The number of pyridine rings is 2. The van der Waals surface area contributed by atoms with E-state index in [9.17, 15) is 8.42 Å². The lowest BCUT2D eigenvalue weighted by Crippen LogP contribution is -2.13. The molecule has 0 aliphatic heterocycles. The normalized spacial score (nSPS) is 11.9. The fourth-order valence-electron chi connectivity index (χ4n) is 3.25. The lowest BCUT2D eigenvalue weighted by Gasteiger charge is -2.11. The van der Waals surface area contributed by atoms with E-state index < -0.39 is 10.0 Å². The molecule has 4 rings (SSSR count). The lowest BCUT2D eigenvalue weighted by molar-refractivity contribution is 0.147. The Balaban J connectivity index is 2.09. The largest absolute Gasteiger partial charge is 0.487 e. The summed E-state index contributed by atoms with van der Waals surface area (Å²) < 4.78 is 39.0. The van der Waals surface area contributed by atoms with E-state index in [0.717, 1.165) is 5.56 Å². The van der Waals surface area contributed by atoms with E-state index in [-0.39, 0.29) is 17.3 Å². The molecule has 1 aromatic carbocycles. The first-order chi connectivity index (χ1) is 13.9. The van der Waals surface area contributed by atoms with Crippen LogP contribution in [0.4, 0.5) is 5.82 Å². The van der Waals surface area contributed by atoms with Crippen LogP contribution in [0.5, 0.6) is 5.75 Å². The molecule has 0 fully saturated rings. The molecule has 0 unspecified atom stereocenters. The second-order valence-electron chi connectivity index (χ2n) is 6.54. The molecule has 29 heavy (non-hydrogen) atoms. The maximum Gasteiger partial charge on any atom is 0.269 e. The Kier molecular flexibility index (Phi) is 4.85. The number of hydrogen-bond donors (Lipinski definition) is 1. The van der Waals surface area contributed by atoms with Crippen molar-refractivity contribution in [2.75, 3.05) is 26.1 Å². The van der Waals surface area contributed by atoms with Gasteiger partial charge in [0.2, 0.25) is 0 Å². The molecule has 0 spiro atoms. The van der Waals surface area contributed by atoms with Crippen molar-refractivity contribution in [3.63, 3.8) is 0 Å². The van der Waals surface area contributed by atoms with Crippen LogP contribution in [0.15, 0.2) is 53.7 Å². The third-order valence-electron chi connectivity index (χ3n) is 4.54. The molecule has 0 bridgehead atoms. The van der Waals surface area contributed by atoms with E-state index in [0.29, 0.717) is 34.3 Å². The molecule has 0 radical (unpaired) electrons. The first-order valence-electron chi connectivity index (χ1n) is 8.92. The number of methoxy groups -OCH3 is 1. The number of aromatic nitrogens is 3. The zero-order valence-corrected chi connectivity index (χ0v) is 16.8. The quantitative estimate of drug-likeness (QED) is 0.485. The Hall–Kier alpha value is -3.17. The summed E-state index contributed by atoms with van der Waals surface area (Å²) in [5, 5.41) is 1.18. The van der Waals surface area contributed by atoms with Crippen LogP contribution in [0.1, 0.15) is 5.56 Å². The van der Waals surface area contributed by atoms with E-state index >= 15 is 0 Å². The van der Waals surface area contributed by atoms with E-state index in [1.165, 1.54) is 10.2 Å². The van der Waals surface area contributed by atoms with Crippen LogP contribution in [-0.4, -0.2) is 42.7 Å². The highest BCUT2D eigenvalue weighted by Crippen LogP contribution is 2.39. The Morgan fingerprint density at radius 2 is 1.86 bits per heavy atom. The van der Waals surface area contributed by atoms with Crippen LogP contribution in [0.25, 0.3) is 21.9 Å². The summed E-state index contributed by atoms with van der Waals surface area (Å²) in [5.41, 5.74) is 7.59. The summed E-state index contributed by atoms with van der Waals surface area (Å²) in [6, 6.07) is 10.1. The summed E-state index contributed by atoms with van der Waals surface area (Å²) in [6.07, 6.45) is 3.06. The average molecular weight is 412 g/mol. The SMILES string of the molecule is COCCOc1c(N)ncc2c1c1cc(C)cnc1n2S(=O)(=O)c1ccccc1. The van der Waals surface area contributed by atoms with Crippen LogP contribution < -0.4 is 10.5 Å². The Morgan fingerprint density at radius 3 is 2.59 bits per heavy atom. The summed E-state index contributed by atoms with van der Waals surface area (Å²) >= 11 is 0. The van der Waals surface area contributed by atoms with Gasteiger partial charge in [-0.15, -0.1) is 0 Å². The van der Waals surface area contributed by atoms with Gasteiger partial charge >= 0.3 is 0 Å². The molecule has 0 amide bonds. The molecule has 0 atom stereocenters. The van der Waals surface area contributed by atoms with E-state index in [2.05, 4.69) is 9.97 Å². The van der Waals surface area contributed by atoms with Gasteiger partial charge in [0.25, 0.3) is 10.0 Å². The molecule has 0 saturated carbocycles.